The summed E-state index contributed by atoms with van der Waals surface area (Å²) in [5.41, 5.74) is 1.73. The molecule has 6 nitrogen and oxygen atoms in total. The number of nitro benzene ring substituents is 1. The fourth-order valence-electron chi connectivity index (χ4n) is 3.12. The standard InChI is InChI=1S/C18H20N2O4/c1-18(15-5-3-2-4-6-15)13-19(9-10-24-18)17-11-14(12-21)7-8-16(17)20(22)23/h2-8,11,21H,9-10,12-13H2,1H3. The van der Waals surface area contributed by atoms with E-state index in [2.05, 4.69) is 0 Å². The number of hydrogen-bond donors (Lipinski definition) is 1. The molecular weight excluding hydrogens is 308 g/mol. The summed E-state index contributed by atoms with van der Waals surface area (Å²) in [6, 6.07) is 14.6. The Kier molecular flexibility index (Phi) is 4.51. The smallest absolute Gasteiger partial charge is 0.292 e. The average Bonchev–Trinajstić information content (AvgIpc) is 2.62. The highest BCUT2D eigenvalue weighted by Crippen LogP contribution is 2.36. The topological polar surface area (TPSA) is 75.8 Å². The molecule has 0 spiro atoms. The first-order valence-electron chi connectivity index (χ1n) is 7.86. The van der Waals surface area contributed by atoms with Crippen LogP contribution in [-0.4, -0.2) is 29.7 Å². The lowest BCUT2D eigenvalue weighted by Crippen LogP contribution is -2.48. The second-order valence-corrected chi connectivity index (χ2v) is 6.11. The van der Waals surface area contributed by atoms with E-state index in [1.165, 1.54) is 6.07 Å². The van der Waals surface area contributed by atoms with E-state index >= 15 is 0 Å². The third-order valence-corrected chi connectivity index (χ3v) is 4.42. The van der Waals surface area contributed by atoms with Crippen LogP contribution < -0.4 is 4.90 Å². The van der Waals surface area contributed by atoms with Crippen LogP contribution in [-0.2, 0) is 16.9 Å². The van der Waals surface area contributed by atoms with Gasteiger partial charge in [-0.2, -0.15) is 0 Å². The van der Waals surface area contributed by atoms with Gasteiger partial charge in [0, 0.05) is 12.6 Å². The molecule has 24 heavy (non-hydrogen) atoms. The first-order chi connectivity index (χ1) is 11.5. The van der Waals surface area contributed by atoms with E-state index in [4.69, 9.17) is 4.74 Å². The van der Waals surface area contributed by atoms with Crippen LogP contribution in [0, 0.1) is 10.1 Å². The van der Waals surface area contributed by atoms with Crippen LogP contribution in [0.2, 0.25) is 0 Å². The molecule has 2 aromatic rings. The van der Waals surface area contributed by atoms with Crippen molar-refractivity contribution in [1.29, 1.82) is 0 Å². The molecule has 1 fully saturated rings. The molecule has 0 bridgehead atoms. The molecule has 3 rings (SSSR count). The number of hydrogen-bond acceptors (Lipinski definition) is 5. The molecule has 1 heterocycles. The number of nitro groups is 1. The third-order valence-electron chi connectivity index (χ3n) is 4.42. The molecule has 2 aromatic carbocycles. The average molecular weight is 328 g/mol. The lowest BCUT2D eigenvalue weighted by molar-refractivity contribution is -0.384. The van der Waals surface area contributed by atoms with E-state index in [9.17, 15) is 15.2 Å². The van der Waals surface area contributed by atoms with Crippen LogP contribution >= 0.6 is 0 Å². The largest absolute Gasteiger partial charge is 0.392 e. The van der Waals surface area contributed by atoms with E-state index in [1.807, 2.05) is 42.2 Å². The van der Waals surface area contributed by atoms with Gasteiger partial charge in [-0.25, -0.2) is 0 Å². The van der Waals surface area contributed by atoms with Crippen LogP contribution in [0.1, 0.15) is 18.1 Å². The van der Waals surface area contributed by atoms with Crippen molar-refractivity contribution in [3.05, 3.63) is 69.8 Å². The Morgan fingerprint density at radius 1 is 1.29 bits per heavy atom. The SMILES string of the molecule is CC1(c2ccccc2)CN(c2cc(CO)ccc2[N+](=O)[O-])CCO1. The molecule has 1 N–H and O–H groups in total. The minimum absolute atomic E-state index is 0.0458. The highest BCUT2D eigenvalue weighted by atomic mass is 16.6. The molecule has 0 amide bonds. The van der Waals surface area contributed by atoms with E-state index in [1.54, 1.807) is 12.1 Å². The summed E-state index contributed by atoms with van der Waals surface area (Å²) in [6.45, 7) is 3.40. The van der Waals surface area contributed by atoms with E-state index in [-0.39, 0.29) is 17.2 Å². The van der Waals surface area contributed by atoms with Crippen molar-refractivity contribution in [2.24, 2.45) is 0 Å². The van der Waals surface area contributed by atoms with Crippen LogP contribution in [0.4, 0.5) is 11.4 Å². The molecule has 0 saturated carbocycles. The first kappa shape index (κ1) is 16.4. The van der Waals surface area contributed by atoms with Crippen LogP contribution in [0.5, 0.6) is 0 Å². The molecule has 1 aliphatic rings. The summed E-state index contributed by atoms with van der Waals surface area (Å²) < 4.78 is 6.00. The Hall–Kier alpha value is -2.44. The zero-order valence-electron chi connectivity index (χ0n) is 13.5. The Balaban J connectivity index is 1.97. The van der Waals surface area contributed by atoms with Gasteiger partial charge in [0.2, 0.25) is 0 Å². The maximum absolute atomic E-state index is 11.4. The summed E-state index contributed by atoms with van der Waals surface area (Å²) in [5, 5.41) is 20.7. The highest BCUT2D eigenvalue weighted by Gasteiger charge is 2.35. The molecule has 6 heteroatoms. The Morgan fingerprint density at radius 3 is 2.71 bits per heavy atom. The minimum Gasteiger partial charge on any atom is -0.392 e. The van der Waals surface area contributed by atoms with Gasteiger partial charge in [-0.15, -0.1) is 0 Å². The lowest BCUT2D eigenvalue weighted by Gasteiger charge is -2.41. The van der Waals surface area contributed by atoms with Gasteiger partial charge in [0.1, 0.15) is 11.3 Å². The summed E-state index contributed by atoms with van der Waals surface area (Å²) in [4.78, 5) is 13.0. The predicted octanol–water partition coefficient (Wildman–Crippen LogP) is 2.84. The maximum Gasteiger partial charge on any atom is 0.292 e. The molecule has 0 radical (unpaired) electrons. The zero-order chi connectivity index (χ0) is 17.2. The summed E-state index contributed by atoms with van der Waals surface area (Å²) in [7, 11) is 0. The van der Waals surface area contributed by atoms with Crippen molar-refractivity contribution < 1.29 is 14.8 Å². The highest BCUT2D eigenvalue weighted by molar-refractivity contribution is 5.65. The summed E-state index contributed by atoms with van der Waals surface area (Å²) in [5.74, 6) is 0. The third kappa shape index (κ3) is 3.11. The van der Waals surface area contributed by atoms with Crippen molar-refractivity contribution in [1.82, 2.24) is 0 Å². The molecule has 1 saturated heterocycles. The van der Waals surface area contributed by atoms with Crippen molar-refractivity contribution in [3.63, 3.8) is 0 Å². The van der Waals surface area contributed by atoms with Gasteiger partial charge >= 0.3 is 0 Å². The first-order valence-corrected chi connectivity index (χ1v) is 7.86. The van der Waals surface area contributed by atoms with Crippen molar-refractivity contribution >= 4 is 11.4 Å². The second-order valence-electron chi connectivity index (χ2n) is 6.11. The Bertz CT molecular complexity index is 735. The lowest BCUT2D eigenvalue weighted by atomic mass is 9.93. The molecular formula is C18H20N2O4. The fraction of sp³-hybridized carbons (Fsp3) is 0.333. The van der Waals surface area contributed by atoms with Gasteiger partial charge < -0.3 is 14.7 Å². The van der Waals surface area contributed by atoms with E-state index < -0.39 is 5.60 Å². The summed E-state index contributed by atoms with van der Waals surface area (Å²) >= 11 is 0. The number of morpholine rings is 1. The molecule has 1 atom stereocenters. The van der Waals surface area contributed by atoms with Gasteiger partial charge in [0.25, 0.3) is 5.69 Å². The van der Waals surface area contributed by atoms with Gasteiger partial charge in [-0.3, -0.25) is 10.1 Å². The Morgan fingerprint density at radius 2 is 2.04 bits per heavy atom. The minimum atomic E-state index is -0.539. The number of rotatable bonds is 4. The fourth-order valence-corrected chi connectivity index (χ4v) is 3.12. The van der Waals surface area contributed by atoms with Crippen LogP contribution in [0.15, 0.2) is 48.5 Å². The maximum atomic E-state index is 11.4. The van der Waals surface area contributed by atoms with Crippen molar-refractivity contribution in [2.45, 2.75) is 19.1 Å². The van der Waals surface area contributed by atoms with Crippen LogP contribution in [0.3, 0.4) is 0 Å². The number of aliphatic hydroxyl groups is 1. The number of benzene rings is 2. The molecule has 0 aliphatic carbocycles. The molecule has 1 aliphatic heterocycles. The predicted molar refractivity (Wildman–Crippen MR) is 91.0 cm³/mol. The number of nitrogens with zero attached hydrogens (tertiary/aromatic N) is 2. The normalized spacial score (nSPS) is 20.8. The monoisotopic (exact) mass is 328 g/mol. The van der Waals surface area contributed by atoms with Gasteiger partial charge in [-0.1, -0.05) is 30.3 Å². The molecule has 1 unspecified atom stereocenters. The van der Waals surface area contributed by atoms with Crippen molar-refractivity contribution in [2.75, 3.05) is 24.6 Å². The number of aliphatic hydroxyl groups excluding tert-OH is 1. The quantitative estimate of drug-likeness (QED) is 0.690. The van der Waals surface area contributed by atoms with Crippen LogP contribution in [0.25, 0.3) is 0 Å². The van der Waals surface area contributed by atoms with Gasteiger partial charge in [-0.05, 0) is 30.2 Å². The Labute approximate surface area is 140 Å². The van der Waals surface area contributed by atoms with Gasteiger partial charge in [0.15, 0.2) is 0 Å². The number of anilines is 1. The molecule has 0 aromatic heterocycles. The molecule has 126 valence electrons. The van der Waals surface area contributed by atoms with Gasteiger partial charge in [0.05, 0.1) is 24.7 Å². The van der Waals surface area contributed by atoms with E-state index in [0.717, 1.165) is 5.56 Å². The zero-order valence-corrected chi connectivity index (χ0v) is 13.5. The summed E-state index contributed by atoms with van der Waals surface area (Å²) in [6.07, 6.45) is 0. The van der Waals surface area contributed by atoms with E-state index in [0.29, 0.717) is 30.9 Å². The number of ether oxygens (including phenoxy) is 1. The second kappa shape index (κ2) is 6.59. The van der Waals surface area contributed by atoms with Crippen molar-refractivity contribution in [3.8, 4) is 0 Å².